The number of hydrogen-bond acceptors (Lipinski definition) is 9. The number of H-pyrrole nitrogens is 2. The van der Waals surface area contributed by atoms with Gasteiger partial charge in [0.2, 0.25) is 11.8 Å². The van der Waals surface area contributed by atoms with Gasteiger partial charge in [0.05, 0.1) is 11.9 Å². The first kappa shape index (κ1) is 20.0. The third kappa shape index (κ3) is 3.96. The lowest BCUT2D eigenvalue weighted by molar-refractivity contribution is 0.718. The molecule has 5 aromatic heterocycles. The number of hydrogen-bond donors (Lipinski definition) is 4. The standard InChI is InChI=1S/C22H21N11O/c34-19-8-3-13(20-29-31-32-30-20)12-33(19)16-6-7-18(24-11-16)25-14-4-5-15(10-14)26-22-27-17-2-1-9-23-21(17)28-22/h1-3,6-9,11-12,14-15H,4-5,10H2,(H,24,25)(H2,23,26,27,28)(H,29,30,31,32)/t14-,15-/m0/s1. The lowest BCUT2D eigenvalue weighted by Gasteiger charge is -2.15. The molecule has 170 valence electrons. The van der Waals surface area contributed by atoms with Crippen LogP contribution in [0.5, 0.6) is 0 Å². The molecule has 0 radical (unpaired) electrons. The fraction of sp³-hybridized carbons (Fsp3) is 0.227. The van der Waals surface area contributed by atoms with Crippen molar-refractivity contribution < 1.29 is 0 Å². The average Bonchev–Trinajstić information content (AvgIpc) is 3.61. The summed E-state index contributed by atoms with van der Waals surface area (Å²) in [5, 5.41) is 20.9. The molecule has 1 aliphatic rings. The fourth-order valence-corrected chi connectivity index (χ4v) is 4.28. The first-order chi connectivity index (χ1) is 16.7. The Labute approximate surface area is 192 Å². The molecule has 0 aliphatic heterocycles. The molecule has 5 heterocycles. The van der Waals surface area contributed by atoms with E-state index in [1.54, 1.807) is 24.7 Å². The maximum atomic E-state index is 12.4. The molecule has 2 atom stereocenters. The van der Waals surface area contributed by atoms with Crippen LogP contribution in [0.3, 0.4) is 0 Å². The summed E-state index contributed by atoms with van der Waals surface area (Å²) >= 11 is 0. The molecule has 0 saturated heterocycles. The molecule has 6 rings (SSSR count). The van der Waals surface area contributed by atoms with Gasteiger partial charge in [0.25, 0.3) is 5.56 Å². The van der Waals surface area contributed by atoms with Crippen molar-refractivity contribution in [3.63, 3.8) is 0 Å². The van der Waals surface area contributed by atoms with Crippen molar-refractivity contribution in [1.82, 2.24) is 45.1 Å². The molecule has 0 amide bonds. The first-order valence-electron chi connectivity index (χ1n) is 11.0. The smallest absolute Gasteiger partial charge is 0.255 e. The van der Waals surface area contributed by atoms with Gasteiger partial charge in [0, 0.05) is 36.1 Å². The number of tetrazole rings is 1. The summed E-state index contributed by atoms with van der Waals surface area (Å²) < 4.78 is 1.51. The van der Waals surface area contributed by atoms with Crippen LogP contribution in [0.1, 0.15) is 19.3 Å². The molecule has 1 fully saturated rings. The van der Waals surface area contributed by atoms with Crippen LogP contribution < -0.4 is 16.2 Å². The van der Waals surface area contributed by atoms with E-state index < -0.39 is 0 Å². The number of imidazole rings is 1. The second kappa shape index (κ2) is 8.39. The van der Waals surface area contributed by atoms with Crippen LogP contribution in [-0.2, 0) is 0 Å². The Morgan fingerprint density at radius 1 is 1.03 bits per heavy atom. The van der Waals surface area contributed by atoms with Crippen molar-refractivity contribution in [3.05, 3.63) is 65.3 Å². The number of anilines is 2. The Hall–Kier alpha value is -4.61. The second-order valence-electron chi connectivity index (χ2n) is 8.22. The molecule has 5 aromatic rings. The molecular formula is C22H21N11O. The summed E-state index contributed by atoms with van der Waals surface area (Å²) in [5.74, 6) is 1.93. The quantitative estimate of drug-likeness (QED) is 0.301. The van der Waals surface area contributed by atoms with E-state index in [4.69, 9.17) is 0 Å². The predicted molar refractivity (Wildman–Crippen MR) is 126 cm³/mol. The molecule has 1 aliphatic carbocycles. The number of aromatic nitrogens is 9. The van der Waals surface area contributed by atoms with Gasteiger partial charge >= 0.3 is 0 Å². The monoisotopic (exact) mass is 455 g/mol. The van der Waals surface area contributed by atoms with E-state index in [1.807, 2.05) is 24.3 Å². The zero-order chi connectivity index (χ0) is 22.9. The van der Waals surface area contributed by atoms with Gasteiger partial charge in [-0.3, -0.25) is 9.36 Å². The van der Waals surface area contributed by atoms with Gasteiger partial charge < -0.3 is 15.6 Å². The lowest BCUT2D eigenvalue weighted by Crippen LogP contribution is -2.21. The summed E-state index contributed by atoms with van der Waals surface area (Å²) in [7, 11) is 0. The van der Waals surface area contributed by atoms with Crippen molar-refractivity contribution in [2.75, 3.05) is 10.6 Å². The van der Waals surface area contributed by atoms with Crippen LogP contribution in [0.4, 0.5) is 11.8 Å². The van der Waals surface area contributed by atoms with Gasteiger partial charge in [-0.05, 0) is 54.8 Å². The van der Waals surface area contributed by atoms with Crippen LogP contribution >= 0.6 is 0 Å². The molecule has 0 unspecified atom stereocenters. The van der Waals surface area contributed by atoms with E-state index in [9.17, 15) is 4.79 Å². The molecular weight excluding hydrogens is 434 g/mol. The molecule has 0 aromatic carbocycles. The maximum Gasteiger partial charge on any atom is 0.255 e. The van der Waals surface area contributed by atoms with E-state index in [0.717, 1.165) is 42.2 Å². The minimum Gasteiger partial charge on any atom is -0.367 e. The normalized spacial score (nSPS) is 17.8. The van der Waals surface area contributed by atoms with Gasteiger partial charge in [-0.25, -0.2) is 15.0 Å². The van der Waals surface area contributed by atoms with E-state index >= 15 is 0 Å². The molecule has 34 heavy (non-hydrogen) atoms. The van der Waals surface area contributed by atoms with Crippen molar-refractivity contribution in [2.45, 2.75) is 31.3 Å². The number of rotatable bonds is 6. The summed E-state index contributed by atoms with van der Waals surface area (Å²) in [5.41, 5.74) is 2.80. The molecule has 1 saturated carbocycles. The fourth-order valence-electron chi connectivity index (χ4n) is 4.28. The summed E-state index contributed by atoms with van der Waals surface area (Å²) in [6.45, 7) is 0. The summed E-state index contributed by atoms with van der Waals surface area (Å²) in [6.07, 6.45) is 8.09. The van der Waals surface area contributed by atoms with Crippen LogP contribution in [0.25, 0.3) is 28.2 Å². The van der Waals surface area contributed by atoms with Gasteiger partial charge in [0.1, 0.15) is 11.3 Å². The highest BCUT2D eigenvalue weighted by molar-refractivity contribution is 5.72. The van der Waals surface area contributed by atoms with Gasteiger partial charge in [-0.2, -0.15) is 5.21 Å². The number of nitrogens with zero attached hydrogens (tertiary/aromatic N) is 7. The third-order valence-corrected chi connectivity index (χ3v) is 5.92. The van der Waals surface area contributed by atoms with Crippen LogP contribution in [0, 0.1) is 0 Å². The Morgan fingerprint density at radius 3 is 2.74 bits per heavy atom. The number of nitrogens with one attached hydrogen (secondary N) is 4. The van der Waals surface area contributed by atoms with Crippen molar-refractivity contribution in [2.24, 2.45) is 0 Å². The third-order valence-electron chi connectivity index (χ3n) is 5.92. The number of pyridine rings is 3. The Morgan fingerprint density at radius 2 is 1.94 bits per heavy atom. The van der Waals surface area contributed by atoms with E-state index in [1.165, 1.54) is 10.6 Å². The molecule has 12 nitrogen and oxygen atoms in total. The lowest BCUT2D eigenvalue weighted by atomic mass is 10.2. The van der Waals surface area contributed by atoms with Crippen LogP contribution in [0.2, 0.25) is 0 Å². The highest BCUT2D eigenvalue weighted by atomic mass is 16.1. The highest BCUT2D eigenvalue weighted by Crippen LogP contribution is 2.25. The highest BCUT2D eigenvalue weighted by Gasteiger charge is 2.25. The summed E-state index contributed by atoms with van der Waals surface area (Å²) in [4.78, 5) is 29.0. The number of aromatic amines is 2. The Balaban J connectivity index is 1.11. The molecule has 0 bridgehead atoms. The minimum atomic E-state index is -0.166. The van der Waals surface area contributed by atoms with Crippen molar-refractivity contribution in [3.8, 4) is 17.1 Å². The van der Waals surface area contributed by atoms with Crippen molar-refractivity contribution in [1.29, 1.82) is 0 Å². The Bertz CT molecular complexity index is 1440. The minimum absolute atomic E-state index is 0.166. The van der Waals surface area contributed by atoms with Crippen LogP contribution in [0.15, 0.2) is 59.8 Å². The van der Waals surface area contributed by atoms with Gasteiger partial charge in [-0.1, -0.05) is 0 Å². The summed E-state index contributed by atoms with van der Waals surface area (Å²) in [6, 6.07) is 11.3. The topological polar surface area (TPSA) is 155 Å². The largest absolute Gasteiger partial charge is 0.367 e. The average molecular weight is 455 g/mol. The van der Waals surface area contributed by atoms with E-state index in [-0.39, 0.29) is 5.56 Å². The van der Waals surface area contributed by atoms with Crippen LogP contribution in [-0.4, -0.2) is 57.2 Å². The zero-order valence-electron chi connectivity index (χ0n) is 18.0. The van der Waals surface area contributed by atoms with Gasteiger partial charge in [0.15, 0.2) is 5.65 Å². The zero-order valence-corrected chi connectivity index (χ0v) is 18.0. The van der Waals surface area contributed by atoms with E-state index in [0.29, 0.717) is 29.2 Å². The molecule has 12 heteroatoms. The molecule has 4 N–H and O–H groups in total. The number of fused-ring (bicyclic) bond motifs is 1. The van der Waals surface area contributed by atoms with Gasteiger partial charge in [-0.15, -0.1) is 10.2 Å². The first-order valence-corrected chi connectivity index (χ1v) is 11.0. The second-order valence-corrected chi connectivity index (χ2v) is 8.22. The SMILES string of the molecule is O=c1ccc(-c2nn[nH]n2)cn1-c1ccc(N[C@H]2CC[C@H](Nc3nc4cccnc4[nH]3)C2)nc1. The maximum absolute atomic E-state index is 12.4. The molecule has 0 spiro atoms. The predicted octanol–water partition coefficient (Wildman–Crippen LogP) is 2.13. The Kier molecular flexibility index (Phi) is 4.94. The van der Waals surface area contributed by atoms with E-state index in [2.05, 4.69) is 51.2 Å². The van der Waals surface area contributed by atoms with Crippen molar-refractivity contribution >= 4 is 22.9 Å².